The molecule has 1 heterocycles. The number of nitrogen functional groups attached to an aromatic ring is 1. The Bertz CT molecular complexity index is 1280. The van der Waals surface area contributed by atoms with Crippen LogP contribution >= 0.6 is 23.2 Å². The number of nitriles is 1. The van der Waals surface area contributed by atoms with Crippen LogP contribution in [-0.2, 0) is 0 Å². The van der Waals surface area contributed by atoms with E-state index < -0.39 is 23.4 Å². The van der Waals surface area contributed by atoms with Crippen molar-refractivity contribution >= 4 is 46.4 Å². The fourth-order valence-electron chi connectivity index (χ4n) is 2.78. The molecular weight excluding hydrogens is 463 g/mol. The third-order valence-corrected chi connectivity index (χ3v) is 4.85. The molecule has 7 nitrogen and oxygen atoms in total. The number of amides is 2. The monoisotopic (exact) mass is 475 g/mol. The fourth-order valence-corrected chi connectivity index (χ4v) is 3.28. The molecule has 32 heavy (non-hydrogen) atoms. The summed E-state index contributed by atoms with van der Waals surface area (Å²) >= 11 is 12.2. The van der Waals surface area contributed by atoms with Crippen molar-refractivity contribution in [2.24, 2.45) is 0 Å². The number of halogens is 4. The Kier molecular flexibility index (Phi) is 6.88. The highest BCUT2D eigenvalue weighted by Gasteiger charge is 2.19. The average molecular weight is 476 g/mol. The van der Waals surface area contributed by atoms with E-state index in [4.69, 9.17) is 34.2 Å². The number of anilines is 2. The van der Waals surface area contributed by atoms with Gasteiger partial charge in [-0.3, -0.25) is 9.59 Å². The number of pyridine rings is 1. The van der Waals surface area contributed by atoms with Crippen LogP contribution < -0.4 is 16.4 Å². The van der Waals surface area contributed by atoms with Crippen LogP contribution in [0.1, 0.15) is 20.8 Å². The SMILES string of the molecule is N#CCNC(=O)c1ncc(NC(=O)c2cc(F)c(-c3ccc(F)cc3N)cc2Cl)cc1Cl. The Hall–Kier alpha value is -3.74. The number of nitrogens with two attached hydrogens (primary N) is 1. The molecule has 0 bridgehead atoms. The normalized spacial score (nSPS) is 10.3. The van der Waals surface area contributed by atoms with E-state index in [0.717, 1.165) is 18.2 Å². The Morgan fingerprint density at radius 1 is 1.06 bits per heavy atom. The summed E-state index contributed by atoms with van der Waals surface area (Å²) < 4.78 is 28.0. The zero-order chi connectivity index (χ0) is 23.4. The summed E-state index contributed by atoms with van der Waals surface area (Å²) in [4.78, 5) is 28.3. The maximum Gasteiger partial charge on any atom is 0.272 e. The zero-order valence-corrected chi connectivity index (χ0v) is 17.6. The van der Waals surface area contributed by atoms with Crippen LogP contribution in [0, 0.1) is 23.0 Å². The fraction of sp³-hybridized carbons (Fsp3) is 0.0476. The highest BCUT2D eigenvalue weighted by atomic mass is 35.5. The molecule has 3 rings (SSSR count). The lowest BCUT2D eigenvalue weighted by atomic mass is 10.0. The summed E-state index contributed by atoms with van der Waals surface area (Å²) in [6.07, 6.45) is 1.17. The Morgan fingerprint density at radius 2 is 1.81 bits per heavy atom. The molecule has 0 fully saturated rings. The van der Waals surface area contributed by atoms with Crippen molar-refractivity contribution < 1.29 is 18.4 Å². The quantitative estimate of drug-likeness (QED) is 0.372. The van der Waals surface area contributed by atoms with Crippen LogP contribution in [0.2, 0.25) is 10.0 Å². The largest absolute Gasteiger partial charge is 0.398 e. The summed E-state index contributed by atoms with van der Waals surface area (Å²) in [7, 11) is 0. The minimum absolute atomic E-state index is 0.00138. The molecule has 0 spiro atoms. The minimum Gasteiger partial charge on any atom is -0.398 e. The van der Waals surface area contributed by atoms with Gasteiger partial charge in [-0.15, -0.1) is 0 Å². The number of rotatable bonds is 5. The van der Waals surface area contributed by atoms with Crippen molar-refractivity contribution in [3.8, 4) is 17.2 Å². The van der Waals surface area contributed by atoms with Crippen molar-refractivity contribution in [1.82, 2.24) is 10.3 Å². The molecule has 0 aliphatic heterocycles. The van der Waals surface area contributed by atoms with Gasteiger partial charge in [0, 0.05) is 16.8 Å². The van der Waals surface area contributed by atoms with Crippen LogP contribution in [0.3, 0.4) is 0 Å². The smallest absolute Gasteiger partial charge is 0.272 e. The second-order valence-electron chi connectivity index (χ2n) is 6.39. The maximum absolute atomic E-state index is 14.7. The van der Waals surface area contributed by atoms with E-state index in [9.17, 15) is 18.4 Å². The molecular formula is C21H13Cl2F2N5O2. The van der Waals surface area contributed by atoms with Crippen LogP contribution in [0.4, 0.5) is 20.2 Å². The van der Waals surface area contributed by atoms with Crippen LogP contribution in [0.15, 0.2) is 42.6 Å². The van der Waals surface area contributed by atoms with Crippen molar-refractivity contribution in [3.05, 3.63) is 75.5 Å². The van der Waals surface area contributed by atoms with Gasteiger partial charge >= 0.3 is 0 Å². The molecule has 2 amide bonds. The highest BCUT2D eigenvalue weighted by molar-refractivity contribution is 6.35. The minimum atomic E-state index is -0.793. The predicted octanol–water partition coefficient (Wildman–Crippen LogP) is 4.42. The van der Waals surface area contributed by atoms with Crippen molar-refractivity contribution in [3.63, 3.8) is 0 Å². The molecule has 0 saturated heterocycles. The summed E-state index contributed by atoms with van der Waals surface area (Å²) in [5.74, 6) is -2.78. The van der Waals surface area contributed by atoms with Gasteiger partial charge in [-0.25, -0.2) is 13.8 Å². The number of nitrogens with one attached hydrogen (secondary N) is 2. The van der Waals surface area contributed by atoms with Gasteiger partial charge in [0.1, 0.15) is 23.9 Å². The van der Waals surface area contributed by atoms with E-state index in [0.29, 0.717) is 0 Å². The van der Waals surface area contributed by atoms with E-state index in [2.05, 4.69) is 15.6 Å². The summed E-state index contributed by atoms with van der Waals surface area (Å²) in [6.45, 7) is -0.223. The lowest BCUT2D eigenvalue weighted by molar-refractivity contribution is 0.0953. The summed E-state index contributed by atoms with van der Waals surface area (Å²) in [5.41, 5.74) is 5.80. The lowest BCUT2D eigenvalue weighted by Gasteiger charge is -2.12. The van der Waals surface area contributed by atoms with Gasteiger partial charge in [-0.05, 0) is 36.4 Å². The predicted molar refractivity (Wildman–Crippen MR) is 116 cm³/mol. The molecule has 11 heteroatoms. The molecule has 0 aliphatic carbocycles. The Balaban J connectivity index is 1.84. The molecule has 2 aromatic carbocycles. The van der Waals surface area contributed by atoms with Gasteiger partial charge in [-0.1, -0.05) is 23.2 Å². The number of hydrogen-bond acceptors (Lipinski definition) is 5. The van der Waals surface area contributed by atoms with Crippen molar-refractivity contribution in [2.45, 2.75) is 0 Å². The topological polar surface area (TPSA) is 121 Å². The van der Waals surface area contributed by atoms with E-state index in [1.165, 1.54) is 24.4 Å². The van der Waals surface area contributed by atoms with Gasteiger partial charge in [0.2, 0.25) is 0 Å². The van der Waals surface area contributed by atoms with Gasteiger partial charge < -0.3 is 16.4 Å². The number of aromatic nitrogens is 1. The Labute approximate surface area is 190 Å². The number of benzene rings is 2. The molecule has 0 saturated carbocycles. The van der Waals surface area contributed by atoms with Gasteiger partial charge in [-0.2, -0.15) is 5.26 Å². The first-order valence-electron chi connectivity index (χ1n) is 8.87. The molecule has 0 atom stereocenters. The van der Waals surface area contributed by atoms with Crippen molar-refractivity contribution in [1.29, 1.82) is 5.26 Å². The summed E-state index contributed by atoms with van der Waals surface area (Å²) in [6, 6.07) is 8.63. The van der Waals surface area contributed by atoms with Gasteiger partial charge in [0.05, 0.1) is 33.6 Å². The van der Waals surface area contributed by atoms with Crippen molar-refractivity contribution in [2.75, 3.05) is 17.6 Å². The second kappa shape index (κ2) is 9.60. The van der Waals surface area contributed by atoms with Crippen LogP contribution in [0.25, 0.3) is 11.1 Å². The van der Waals surface area contributed by atoms with E-state index in [1.54, 1.807) is 6.07 Å². The molecule has 1 aromatic heterocycles. The van der Waals surface area contributed by atoms with E-state index >= 15 is 0 Å². The van der Waals surface area contributed by atoms with Crippen LogP contribution in [0.5, 0.6) is 0 Å². The molecule has 4 N–H and O–H groups in total. The zero-order valence-electron chi connectivity index (χ0n) is 16.0. The highest BCUT2D eigenvalue weighted by Crippen LogP contribution is 2.33. The maximum atomic E-state index is 14.7. The standard InChI is InChI=1S/C21H13Cl2F2N5O2/c22-15-7-13(12-2-1-10(24)5-18(12)27)17(25)8-14(15)20(31)30-11-6-16(23)19(29-9-11)21(32)28-4-3-26/h1-2,5-9H,4,27H2,(H,28,32)(H,30,31). The third-order valence-electron chi connectivity index (χ3n) is 4.25. The van der Waals surface area contributed by atoms with Gasteiger partial charge in [0.25, 0.3) is 11.8 Å². The summed E-state index contributed by atoms with van der Waals surface area (Å²) in [5, 5.41) is 13.1. The first-order valence-corrected chi connectivity index (χ1v) is 9.63. The number of carbonyl (C=O) groups is 2. The Morgan fingerprint density at radius 3 is 2.47 bits per heavy atom. The number of hydrogen-bond donors (Lipinski definition) is 3. The molecule has 3 aromatic rings. The molecule has 162 valence electrons. The molecule has 0 aliphatic rings. The van der Waals surface area contributed by atoms with E-state index in [1.807, 2.05) is 0 Å². The lowest BCUT2D eigenvalue weighted by Crippen LogP contribution is -2.25. The third kappa shape index (κ3) is 4.94. The van der Waals surface area contributed by atoms with Gasteiger partial charge in [0.15, 0.2) is 0 Å². The van der Waals surface area contributed by atoms with E-state index in [-0.39, 0.29) is 50.3 Å². The second-order valence-corrected chi connectivity index (χ2v) is 7.21. The molecule has 0 unspecified atom stereocenters. The first-order chi connectivity index (χ1) is 15.2. The molecule has 0 radical (unpaired) electrons. The first kappa shape index (κ1) is 22.9. The van der Waals surface area contributed by atoms with Crippen LogP contribution in [-0.4, -0.2) is 23.3 Å². The number of nitrogens with zero attached hydrogens (tertiary/aromatic N) is 2. The average Bonchev–Trinajstić information content (AvgIpc) is 2.73. The number of carbonyl (C=O) groups excluding carboxylic acids is 2.